The molecule has 0 fully saturated rings. The summed E-state index contributed by atoms with van der Waals surface area (Å²) >= 11 is 0. The molecule has 27 heavy (non-hydrogen) atoms. The molecule has 2 atom stereocenters. The van der Waals surface area contributed by atoms with Gasteiger partial charge in [0.1, 0.15) is 11.6 Å². The zero-order chi connectivity index (χ0) is 19.4. The number of aromatic nitrogens is 4. The van der Waals surface area contributed by atoms with Gasteiger partial charge >= 0.3 is 0 Å². The van der Waals surface area contributed by atoms with Gasteiger partial charge in [-0.1, -0.05) is 0 Å². The number of hydrogen-bond acceptors (Lipinski definition) is 6. The van der Waals surface area contributed by atoms with E-state index in [1.54, 1.807) is 53.0 Å². The van der Waals surface area contributed by atoms with Crippen LogP contribution in [0.5, 0.6) is 0 Å². The van der Waals surface area contributed by atoms with Crippen molar-refractivity contribution in [3.05, 3.63) is 36.4 Å². The molecule has 2 amide bonds. The Morgan fingerprint density at radius 3 is 1.44 bits per heavy atom. The first-order valence-electron chi connectivity index (χ1n) is 8.29. The zero-order valence-corrected chi connectivity index (χ0v) is 19.3. The van der Waals surface area contributed by atoms with Crippen LogP contribution in [0.2, 0.25) is 0 Å². The summed E-state index contributed by atoms with van der Waals surface area (Å²) in [7, 11) is 6.75. The van der Waals surface area contributed by atoms with Crippen LogP contribution in [-0.2, 0) is 41.9 Å². The molecular formula is C16H28N8O2Zn. The molecule has 2 heterocycles. The molecule has 0 radical (unpaired) electrons. The van der Waals surface area contributed by atoms with Crippen molar-refractivity contribution in [3.63, 3.8) is 0 Å². The molecule has 0 spiro atoms. The van der Waals surface area contributed by atoms with E-state index < -0.39 is 0 Å². The van der Waals surface area contributed by atoms with Crippen molar-refractivity contribution >= 4 is 11.8 Å². The van der Waals surface area contributed by atoms with E-state index in [-0.39, 0.29) is 43.4 Å². The third-order valence-electron chi connectivity index (χ3n) is 3.73. The Labute approximate surface area is 171 Å². The van der Waals surface area contributed by atoms with Gasteiger partial charge in [0, 0.05) is 71.2 Å². The fourth-order valence-electron chi connectivity index (χ4n) is 2.21. The maximum Gasteiger partial charge on any atom is 0.237 e. The van der Waals surface area contributed by atoms with Crippen LogP contribution < -0.4 is 21.3 Å². The Balaban J connectivity index is 0.000000483. The third-order valence-corrected chi connectivity index (χ3v) is 3.73. The number of nitrogens with one attached hydrogen (secondary N) is 6. The molecule has 0 aromatic carbocycles. The van der Waals surface area contributed by atoms with Crippen LogP contribution in [0.3, 0.4) is 0 Å². The molecule has 2 rings (SSSR count). The monoisotopic (exact) mass is 428 g/mol. The Morgan fingerprint density at radius 2 is 1.22 bits per heavy atom. The van der Waals surface area contributed by atoms with E-state index in [1.807, 2.05) is 0 Å². The summed E-state index contributed by atoms with van der Waals surface area (Å²) in [5.74, 6) is 1.56. The Bertz CT molecular complexity index is 577. The molecule has 0 saturated carbocycles. The minimum Gasteiger partial charge on any atom is -0.358 e. The van der Waals surface area contributed by atoms with Gasteiger partial charge in [-0.25, -0.2) is 9.97 Å². The first kappa shape index (κ1) is 24.9. The van der Waals surface area contributed by atoms with E-state index in [0.717, 1.165) is 11.6 Å². The van der Waals surface area contributed by atoms with E-state index >= 15 is 0 Å². The van der Waals surface area contributed by atoms with E-state index in [4.69, 9.17) is 0 Å². The van der Waals surface area contributed by atoms with Crippen LogP contribution >= 0.6 is 0 Å². The molecule has 0 bridgehead atoms. The minimum atomic E-state index is -0.226. The normalized spacial score (nSPS) is 12.0. The average Bonchev–Trinajstić information content (AvgIpc) is 3.37. The van der Waals surface area contributed by atoms with Crippen LogP contribution in [0.1, 0.15) is 11.6 Å². The third kappa shape index (κ3) is 8.90. The minimum absolute atomic E-state index is 0. The summed E-state index contributed by atoms with van der Waals surface area (Å²) in [6.07, 6.45) is 7.97. The van der Waals surface area contributed by atoms with Gasteiger partial charge < -0.3 is 31.2 Å². The van der Waals surface area contributed by atoms with Gasteiger partial charge in [-0.15, -0.1) is 0 Å². The summed E-state index contributed by atoms with van der Waals surface area (Å²) in [5, 5.41) is 11.0. The maximum absolute atomic E-state index is 11.3. The Morgan fingerprint density at radius 1 is 0.852 bits per heavy atom. The molecule has 146 valence electrons. The summed E-state index contributed by atoms with van der Waals surface area (Å²) in [4.78, 5) is 36.5. The SMILES string of the molecule is CNC(=O)[C@H](Cc1ncc[nH]1)NC.CNC(=O)[C@H](Cc1ncc[nH]1)NC.[Zn]. The summed E-state index contributed by atoms with van der Waals surface area (Å²) in [6, 6.07) is -0.452. The molecule has 2 aromatic heterocycles. The van der Waals surface area contributed by atoms with Crippen molar-refractivity contribution in [1.29, 1.82) is 0 Å². The zero-order valence-electron chi connectivity index (χ0n) is 16.3. The number of nitrogens with zero attached hydrogens (tertiary/aromatic N) is 2. The van der Waals surface area contributed by atoms with Crippen LogP contribution in [-0.4, -0.2) is 72.0 Å². The fraction of sp³-hybridized carbons (Fsp3) is 0.500. The van der Waals surface area contributed by atoms with E-state index in [2.05, 4.69) is 41.2 Å². The second-order valence-corrected chi connectivity index (χ2v) is 5.39. The molecule has 0 aliphatic carbocycles. The van der Waals surface area contributed by atoms with Crippen molar-refractivity contribution < 1.29 is 29.1 Å². The molecule has 0 saturated heterocycles. The summed E-state index contributed by atoms with van der Waals surface area (Å²) < 4.78 is 0. The number of carbonyl (C=O) groups is 2. The van der Waals surface area contributed by atoms with Crippen LogP contribution in [0.4, 0.5) is 0 Å². The number of aromatic amines is 2. The van der Waals surface area contributed by atoms with Gasteiger partial charge in [-0.2, -0.15) is 0 Å². The van der Waals surface area contributed by atoms with E-state index in [0.29, 0.717) is 12.8 Å². The smallest absolute Gasteiger partial charge is 0.237 e. The fourth-order valence-corrected chi connectivity index (χ4v) is 2.21. The van der Waals surface area contributed by atoms with E-state index in [1.165, 1.54) is 0 Å². The standard InChI is InChI=1S/2C8H14N4O.Zn/c2*1-9-6(8(13)10-2)5-7-11-3-4-12-7;/h2*3-4,6,9H,5H2,1-2H3,(H,10,13)(H,11,12);/t2*6-;/m00./s1. The van der Waals surface area contributed by atoms with Gasteiger partial charge in [0.25, 0.3) is 0 Å². The van der Waals surface area contributed by atoms with Crippen LogP contribution in [0.25, 0.3) is 0 Å². The first-order valence-corrected chi connectivity index (χ1v) is 8.29. The largest absolute Gasteiger partial charge is 0.358 e. The molecule has 0 aliphatic heterocycles. The van der Waals surface area contributed by atoms with E-state index in [9.17, 15) is 9.59 Å². The molecule has 0 aliphatic rings. The van der Waals surface area contributed by atoms with Crippen molar-refractivity contribution in [2.24, 2.45) is 0 Å². The predicted molar refractivity (Wildman–Crippen MR) is 98.4 cm³/mol. The van der Waals surface area contributed by atoms with Crippen molar-refractivity contribution in [1.82, 2.24) is 41.2 Å². The molecule has 11 heteroatoms. The van der Waals surface area contributed by atoms with Gasteiger partial charge in [-0.3, -0.25) is 9.59 Å². The number of H-pyrrole nitrogens is 2. The predicted octanol–water partition coefficient (Wildman–Crippen LogP) is -1.43. The van der Waals surface area contributed by atoms with Crippen molar-refractivity contribution in [3.8, 4) is 0 Å². The Hall–Kier alpha value is -2.10. The van der Waals surface area contributed by atoms with Gasteiger partial charge in [0.15, 0.2) is 0 Å². The summed E-state index contributed by atoms with van der Waals surface area (Å²) in [6.45, 7) is 0. The number of likely N-dealkylation sites (N-methyl/N-ethyl adjacent to an activating group) is 4. The molecule has 0 unspecified atom stereocenters. The van der Waals surface area contributed by atoms with Gasteiger partial charge in [-0.05, 0) is 14.1 Å². The number of rotatable bonds is 8. The Kier molecular flexibility index (Phi) is 12.9. The second-order valence-electron chi connectivity index (χ2n) is 5.39. The van der Waals surface area contributed by atoms with Gasteiger partial charge in [0.05, 0.1) is 12.1 Å². The van der Waals surface area contributed by atoms with Gasteiger partial charge in [0.2, 0.25) is 11.8 Å². The average molecular weight is 430 g/mol. The number of carbonyl (C=O) groups excluding carboxylic acids is 2. The van der Waals surface area contributed by atoms with Crippen LogP contribution in [0.15, 0.2) is 24.8 Å². The number of hydrogen-bond donors (Lipinski definition) is 6. The number of amides is 2. The molecule has 6 N–H and O–H groups in total. The molecule has 10 nitrogen and oxygen atoms in total. The second kappa shape index (κ2) is 14.0. The molecular weight excluding hydrogens is 402 g/mol. The quantitative estimate of drug-likeness (QED) is 0.284. The van der Waals surface area contributed by atoms with Crippen molar-refractivity contribution in [2.45, 2.75) is 24.9 Å². The summed E-state index contributed by atoms with van der Waals surface area (Å²) in [5.41, 5.74) is 0. The topological polar surface area (TPSA) is 140 Å². The molecule has 2 aromatic rings. The first-order chi connectivity index (χ1) is 12.5. The van der Waals surface area contributed by atoms with Crippen molar-refractivity contribution in [2.75, 3.05) is 28.2 Å². The number of imidazole rings is 2. The maximum atomic E-state index is 11.3. The van der Waals surface area contributed by atoms with Crippen LogP contribution in [0, 0.1) is 0 Å².